The Morgan fingerprint density at radius 2 is 1.25 bits per heavy atom. The Labute approximate surface area is 500 Å². The highest BCUT2D eigenvalue weighted by molar-refractivity contribution is 7.86. The maximum absolute atomic E-state index is 13.9. The zero-order valence-electron chi connectivity index (χ0n) is 47.5. The van der Waals surface area contributed by atoms with Gasteiger partial charge < -0.3 is 41.1 Å². The minimum Gasteiger partial charge on any atom is -0.453 e. The second-order valence-corrected chi connectivity index (χ2v) is 23.7. The first-order chi connectivity index (χ1) is 41.8. The van der Waals surface area contributed by atoms with Crippen LogP contribution in [0.2, 0.25) is 0 Å². The third kappa shape index (κ3) is 10.6. The number of carbonyl (C=O) groups is 6. The van der Waals surface area contributed by atoms with Gasteiger partial charge in [0, 0.05) is 72.0 Å². The third-order valence-electron chi connectivity index (χ3n) is 15.3. The number of amides is 4. The third-order valence-corrected chi connectivity index (χ3v) is 17.1. The number of primary amides is 1. The van der Waals surface area contributed by atoms with E-state index in [0.29, 0.717) is 83.7 Å². The molecule has 0 radical (unpaired) electrons. The monoisotopic (exact) mass is 1240 g/mol. The predicted molar refractivity (Wildman–Crippen MR) is 316 cm³/mol. The molecule has 0 bridgehead atoms. The average molecular weight is 1240 g/mol. The number of ether oxygens (including phenoxy) is 2. The molecule has 0 atom stereocenters. The summed E-state index contributed by atoms with van der Waals surface area (Å²) in [7, 11) is -10.4. The molecule has 0 fully saturated rings. The molecule has 0 saturated heterocycles. The van der Waals surface area contributed by atoms with Gasteiger partial charge in [-0.25, -0.2) is 14.8 Å². The Morgan fingerprint density at radius 3 is 1.82 bits per heavy atom. The zero-order valence-corrected chi connectivity index (χ0v) is 49.1. The molecule has 30 heteroatoms. The predicted octanol–water partition coefficient (Wildman–Crippen LogP) is 5.56. The second kappa shape index (κ2) is 22.5. The lowest BCUT2D eigenvalue weighted by molar-refractivity contribution is -0.748. The number of ketones is 1. The summed E-state index contributed by atoms with van der Waals surface area (Å²) in [5, 5.41) is 16.2. The Morgan fingerprint density at radius 1 is 0.693 bits per heavy atom. The van der Waals surface area contributed by atoms with E-state index in [1.54, 1.807) is 64.8 Å². The van der Waals surface area contributed by atoms with Gasteiger partial charge in [0.25, 0.3) is 37.7 Å². The van der Waals surface area contributed by atoms with E-state index in [1.165, 1.54) is 30.3 Å². The van der Waals surface area contributed by atoms with Crippen LogP contribution in [0, 0.1) is 13.8 Å². The molecule has 11 rings (SSSR count). The van der Waals surface area contributed by atoms with Crippen molar-refractivity contribution in [2.75, 3.05) is 28.6 Å². The first-order valence-corrected chi connectivity index (χ1v) is 30.4. The number of imidazole rings is 2. The van der Waals surface area contributed by atoms with Crippen molar-refractivity contribution < 1.29 is 68.9 Å². The van der Waals surface area contributed by atoms with Gasteiger partial charge in [-0.2, -0.15) is 27.0 Å². The number of nitrogens with two attached hydrogens (primary N) is 3. The number of aromatic nitrogens is 8. The molecule has 12 N–H and O–H groups in total. The SMILES string of the molecule is CCn1nc(C)cc1C(=O)Nc1nc2cc(C(N)=O)ccc2n1CCCCn1c(NC(=O)c2cc(C)[nH][n+]2CC)nc2cc(C(=O)CCCNC(=O)c3ccc4c(c3)C(=O)OC43c4ccc(N)c(S(=O)(=O)O)c4Oc4c3ccc(N)c4S(=O)(=O)O)ccc21. The molecule has 0 aliphatic carbocycles. The van der Waals surface area contributed by atoms with Crippen LogP contribution in [0.25, 0.3) is 22.1 Å². The van der Waals surface area contributed by atoms with Crippen molar-refractivity contribution in [3.8, 4) is 11.5 Å². The van der Waals surface area contributed by atoms with Crippen LogP contribution in [0.4, 0.5) is 23.3 Å². The van der Waals surface area contributed by atoms with Crippen molar-refractivity contribution in [1.29, 1.82) is 0 Å². The standard InChI is InChI=1S/C58H56N14O14S2/c1-5-71-44(24-29(3)67-71)53(76)65-56-63-40-27-31(12-19-42(40)69(56)22-7-8-23-70-43-20-13-32(51(61)74)28-41(43)64-57(70)66-54(77)45-25-30(4)68-72(45)6-2)46(73)10-9-21-62-52(75)33-11-14-35-34(26-33)55(78)86-58(35)36-15-17-38(59)49(87(79,80)81)47(36)85-48-37(58)16-18-39(60)50(48)88(82,83)84/h11-20,24-28H,5-10,21-23,59-60H2,1-4H3,(H7,61,62,63,64,65,66,74,75,76,77,79,80,81,82,83,84)/p+1. The van der Waals surface area contributed by atoms with Crippen LogP contribution in [0.15, 0.2) is 101 Å². The lowest BCUT2D eigenvalue weighted by Gasteiger charge is -2.37. The highest BCUT2D eigenvalue weighted by Crippen LogP contribution is 2.60. The fourth-order valence-electron chi connectivity index (χ4n) is 11.3. The first kappa shape index (κ1) is 59.4. The molecule has 88 heavy (non-hydrogen) atoms. The van der Waals surface area contributed by atoms with Crippen LogP contribution >= 0.6 is 0 Å². The Bertz CT molecular complexity index is 4630. The summed E-state index contributed by atoms with van der Waals surface area (Å²) in [4.78, 5) is 88.6. The fourth-order valence-corrected chi connectivity index (χ4v) is 12.8. The lowest BCUT2D eigenvalue weighted by atomic mass is 9.77. The summed E-state index contributed by atoms with van der Waals surface area (Å²) >= 11 is 0. The first-order valence-electron chi connectivity index (χ1n) is 27.6. The molecule has 0 saturated carbocycles. The van der Waals surface area contributed by atoms with Gasteiger partial charge in [-0.05, 0) is 126 Å². The number of aryl methyl sites for hydroxylation is 6. The normalized spacial score (nSPS) is 13.2. The molecule has 6 heterocycles. The van der Waals surface area contributed by atoms with Crippen LogP contribution in [-0.4, -0.2) is 102 Å². The van der Waals surface area contributed by atoms with Gasteiger partial charge in [0.1, 0.15) is 5.69 Å². The van der Waals surface area contributed by atoms with Crippen molar-refractivity contribution in [3.05, 3.63) is 153 Å². The van der Waals surface area contributed by atoms with Gasteiger partial charge >= 0.3 is 11.9 Å². The minimum atomic E-state index is -5.22. The van der Waals surface area contributed by atoms with E-state index in [2.05, 4.69) is 31.1 Å². The van der Waals surface area contributed by atoms with Crippen LogP contribution in [0.3, 0.4) is 0 Å². The van der Waals surface area contributed by atoms with E-state index < -0.39 is 88.1 Å². The summed E-state index contributed by atoms with van der Waals surface area (Å²) in [6, 6.07) is 21.9. The Kier molecular flexibility index (Phi) is 15.2. The minimum absolute atomic E-state index is 0.00141. The summed E-state index contributed by atoms with van der Waals surface area (Å²) in [5.41, 5.74) is 18.5. The number of hydrogen-bond donors (Lipinski definition) is 9. The van der Waals surface area contributed by atoms with Crippen LogP contribution in [0.5, 0.6) is 11.5 Å². The average Bonchev–Trinajstić information content (AvgIpc) is 1.31. The van der Waals surface area contributed by atoms with Crippen molar-refractivity contribution in [3.63, 3.8) is 0 Å². The highest BCUT2D eigenvalue weighted by atomic mass is 32.2. The Hall–Kier alpha value is -10.3. The van der Waals surface area contributed by atoms with E-state index >= 15 is 0 Å². The number of H-pyrrole nitrogens is 1. The van der Waals surface area contributed by atoms with E-state index in [-0.39, 0.29) is 70.4 Å². The summed E-state index contributed by atoms with van der Waals surface area (Å²) in [5.74, 6) is -4.42. The highest BCUT2D eigenvalue weighted by Gasteiger charge is 2.56. The largest absolute Gasteiger partial charge is 0.453 e. The molecule has 4 amide bonds. The number of rotatable bonds is 20. The summed E-state index contributed by atoms with van der Waals surface area (Å²) in [6.07, 6.45) is 1.20. The molecule has 2 aliphatic rings. The van der Waals surface area contributed by atoms with Gasteiger partial charge in [0.2, 0.25) is 17.8 Å². The molecular formula is C58H57N14O14S2+. The number of fused-ring (bicyclic) bond motifs is 8. The van der Waals surface area contributed by atoms with E-state index in [4.69, 9.17) is 31.7 Å². The molecule has 1 spiro atoms. The number of anilines is 4. The molecule has 454 valence electrons. The number of benzene rings is 5. The van der Waals surface area contributed by atoms with E-state index in [0.717, 1.165) is 17.8 Å². The van der Waals surface area contributed by atoms with Gasteiger partial charge in [-0.1, -0.05) is 6.07 Å². The van der Waals surface area contributed by atoms with Gasteiger partial charge in [0.05, 0.1) is 50.4 Å². The fraction of sp³-hybridized carbons (Fsp3) is 0.241. The number of carbonyl (C=O) groups excluding carboxylic acids is 6. The van der Waals surface area contributed by atoms with Crippen LogP contribution in [-0.2, 0) is 56.8 Å². The molecule has 0 unspecified atom stereocenters. The summed E-state index contributed by atoms with van der Waals surface area (Å²) < 4.78 is 90.4. The molecular weight excluding hydrogens is 1180 g/mol. The molecule has 9 aromatic rings. The number of unbranched alkanes of at least 4 members (excludes halogenated alkanes) is 1. The quantitative estimate of drug-likeness (QED) is 0.0113. The van der Waals surface area contributed by atoms with Crippen LogP contribution in [0.1, 0.15) is 130 Å². The van der Waals surface area contributed by atoms with E-state index in [1.807, 2.05) is 29.9 Å². The number of Topliss-reactive ketones (excluding diaryl/α,β-unsaturated/α-hetero) is 1. The van der Waals surface area contributed by atoms with Gasteiger partial charge in [-0.15, -0.1) is 4.68 Å². The molecule has 2 aliphatic heterocycles. The Balaban J connectivity index is 0.804. The van der Waals surface area contributed by atoms with Crippen molar-refractivity contribution in [1.82, 2.24) is 39.3 Å². The molecule has 4 aromatic heterocycles. The number of hydrogen-bond acceptors (Lipinski definition) is 17. The topological polar surface area (TPSA) is 417 Å². The van der Waals surface area contributed by atoms with Crippen molar-refractivity contribution in [2.24, 2.45) is 5.73 Å². The summed E-state index contributed by atoms with van der Waals surface area (Å²) in [6.45, 7) is 9.05. The van der Waals surface area contributed by atoms with Crippen molar-refractivity contribution in [2.45, 2.75) is 94.9 Å². The maximum atomic E-state index is 13.9. The zero-order chi connectivity index (χ0) is 62.9. The molecule has 28 nitrogen and oxygen atoms in total. The van der Waals surface area contributed by atoms with Crippen molar-refractivity contribution >= 4 is 101 Å². The van der Waals surface area contributed by atoms with Crippen LogP contribution < -0.4 is 42.6 Å². The number of nitrogen functional groups attached to an aromatic ring is 2. The molecule has 5 aromatic carbocycles. The smallest absolute Gasteiger partial charge is 0.340 e. The lowest BCUT2D eigenvalue weighted by Crippen LogP contribution is -2.41. The van der Waals surface area contributed by atoms with E-state index in [9.17, 15) is 54.7 Å². The van der Waals surface area contributed by atoms with Gasteiger partial charge in [0.15, 0.2) is 39.2 Å². The maximum Gasteiger partial charge on any atom is 0.340 e. The van der Waals surface area contributed by atoms with Gasteiger partial charge in [-0.3, -0.25) is 48.4 Å². The number of nitrogens with zero attached hydrogens (tertiary/aromatic N) is 7. The number of esters is 1. The second-order valence-electron chi connectivity index (χ2n) is 21.0. The number of aromatic amines is 1. The number of nitrogens with one attached hydrogen (secondary N) is 4.